The lowest BCUT2D eigenvalue weighted by molar-refractivity contribution is -0.385. The third-order valence-corrected chi connectivity index (χ3v) is 3.32. The number of hydrogen-bond acceptors (Lipinski definition) is 5. The number of nitro benzene ring substituents is 1. The topological polar surface area (TPSA) is 65.3 Å². The Balaban J connectivity index is 2.14. The van der Waals surface area contributed by atoms with Crippen molar-refractivity contribution in [3.63, 3.8) is 0 Å². The van der Waals surface area contributed by atoms with E-state index in [0.717, 1.165) is 10.7 Å². The summed E-state index contributed by atoms with van der Waals surface area (Å²) in [6.07, 6.45) is 0. The van der Waals surface area contributed by atoms with Crippen molar-refractivity contribution in [3.05, 3.63) is 50.0 Å². The summed E-state index contributed by atoms with van der Waals surface area (Å²) in [5, 5.41) is 13.7. The van der Waals surface area contributed by atoms with Crippen LogP contribution in [0.25, 0.3) is 0 Å². The van der Waals surface area contributed by atoms with Gasteiger partial charge in [0.15, 0.2) is 0 Å². The van der Waals surface area contributed by atoms with Crippen molar-refractivity contribution in [2.24, 2.45) is 0 Å². The molecule has 6 heteroatoms. The monoisotopic (exact) mass is 264 g/mol. The molecule has 0 unspecified atom stereocenters. The number of benzene rings is 1. The van der Waals surface area contributed by atoms with E-state index in [1.54, 1.807) is 30.4 Å². The van der Waals surface area contributed by atoms with E-state index in [0.29, 0.717) is 17.9 Å². The third kappa shape index (κ3) is 2.65. The fourth-order valence-corrected chi connectivity index (χ4v) is 2.18. The molecule has 0 saturated carbocycles. The number of hydrogen-bond donors (Lipinski definition) is 0. The fraction of sp³-hybridized carbons (Fsp3) is 0.250. The molecule has 1 aromatic heterocycles. The number of aryl methyl sites for hydroxylation is 1. The quantitative estimate of drug-likeness (QED) is 0.628. The number of rotatable bonds is 4. The molecule has 5 nitrogen and oxygen atoms in total. The van der Waals surface area contributed by atoms with Gasteiger partial charge >= 0.3 is 0 Å². The normalized spacial score (nSPS) is 10.3. The zero-order chi connectivity index (χ0) is 13.1. The summed E-state index contributed by atoms with van der Waals surface area (Å²) in [7, 11) is 0. The van der Waals surface area contributed by atoms with Crippen LogP contribution in [0.15, 0.2) is 23.6 Å². The van der Waals surface area contributed by atoms with Gasteiger partial charge in [-0.1, -0.05) is 6.07 Å². The molecule has 0 fully saturated rings. The average molecular weight is 264 g/mol. The van der Waals surface area contributed by atoms with Gasteiger partial charge in [-0.2, -0.15) is 0 Å². The van der Waals surface area contributed by atoms with Crippen molar-refractivity contribution >= 4 is 17.0 Å². The largest absolute Gasteiger partial charge is 0.487 e. The second-order valence-corrected chi connectivity index (χ2v) is 4.87. The number of thiazole rings is 1. The van der Waals surface area contributed by atoms with E-state index < -0.39 is 4.92 Å². The Morgan fingerprint density at radius 2 is 2.22 bits per heavy atom. The average Bonchev–Trinajstić information content (AvgIpc) is 2.73. The molecule has 2 rings (SSSR count). The SMILES string of the molecule is Cc1nc(COc2cccc([N+](=O)[O-])c2C)cs1. The lowest BCUT2D eigenvalue weighted by atomic mass is 10.2. The van der Waals surface area contributed by atoms with Gasteiger partial charge in [0.25, 0.3) is 5.69 Å². The summed E-state index contributed by atoms with van der Waals surface area (Å²) in [6, 6.07) is 4.81. The van der Waals surface area contributed by atoms with E-state index in [1.165, 1.54) is 6.07 Å². The van der Waals surface area contributed by atoms with Gasteiger partial charge in [0.1, 0.15) is 12.4 Å². The van der Waals surface area contributed by atoms with Crippen LogP contribution in [0.4, 0.5) is 5.69 Å². The van der Waals surface area contributed by atoms with Crippen LogP contribution in [0, 0.1) is 24.0 Å². The molecular weight excluding hydrogens is 252 g/mol. The van der Waals surface area contributed by atoms with Crippen molar-refractivity contribution in [2.45, 2.75) is 20.5 Å². The highest BCUT2D eigenvalue weighted by Gasteiger charge is 2.14. The molecule has 0 aliphatic carbocycles. The van der Waals surface area contributed by atoms with Gasteiger partial charge in [0.05, 0.1) is 21.2 Å². The number of ether oxygens (including phenoxy) is 1. The molecule has 94 valence electrons. The predicted molar refractivity (Wildman–Crippen MR) is 69.0 cm³/mol. The molecule has 0 radical (unpaired) electrons. The summed E-state index contributed by atoms with van der Waals surface area (Å²) < 4.78 is 5.57. The molecule has 0 aliphatic heterocycles. The number of nitro groups is 1. The van der Waals surface area contributed by atoms with Crippen molar-refractivity contribution < 1.29 is 9.66 Å². The molecule has 0 amide bonds. The number of aromatic nitrogens is 1. The number of nitrogens with zero attached hydrogens (tertiary/aromatic N) is 2. The summed E-state index contributed by atoms with van der Waals surface area (Å²) >= 11 is 1.55. The molecule has 0 spiro atoms. The maximum atomic E-state index is 10.8. The Bertz CT molecular complexity index is 580. The molecule has 2 aromatic rings. The predicted octanol–water partition coefficient (Wildman–Crippen LogP) is 3.25. The van der Waals surface area contributed by atoms with Crippen LogP contribution in [0.1, 0.15) is 16.3 Å². The highest BCUT2D eigenvalue weighted by atomic mass is 32.1. The molecule has 0 N–H and O–H groups in total. The molecule has 0 bridgehead atoms. The van der Waals surface area contributed by atoms with E-state index >= 15 is 0 Å². The smallest absolute Gasteiger partial charge is 0.276 e. The minimum atomic E-state index is -0.408. The Morgan fingerprint density at radius 3 is 2.83 bits per heavy atom. The van der Waals surface area contributed by atoms with Crippen molar-refractivity contribution in [3.8, 4) is 5.75 Å². The van der Waals surface area contributed by atoms with Gasteiger partial charge in [-0.3, -0.25) is 10.1 Å². The first-order valence-corrected chi connectivity index (χ1v) is 6.23. The maximum absolute atomic E-state index is 10.8. The van der Waals surface area contributed by atoms with E-state index in [9.17, 15) is 10.1 Å². The second kappa shape index (κ2) is 5.14. The van der Waals surface area contributed by atoms with Gasteiger partial charge < -0.3 is 4.74 Å². The zero-order valence-electron chi connectivity index (χ0n) is 10.0. The zero-order valence-corrected chi connectivity index (χ0v) is 10.9. The van der Waals surface area contributed by atoms with E-state index in [4.69, 9.17) is 4.74 Å². The van der Waals surface area contributed by atoms with Gasteiger partial charge in [-0.15, -0.1) is 11.3 Å². The van der Waals surface area contributed by atoms with Crippen LogP contribution in [0.2, 0.25) is 0 Å². The summed E-state index contributed by atoms with van der Waals surface area (Å²) in [5.74, 6) is 0.523. The van der Waals surface area contributed by atoms with E-state index in [1.807, 2.05) is 12.3 Å². The standard InChI is InChI=1S/C12H12N2O3S/c1-8-11(14(15)16)4-3-5-12(8)17-6-10-7-18-9(2)13-10/h3-5,7H,6H2,1-2H3. The highest BCUT2D eigenvalue weighted by molar-refractivity contribution is 7.09. The second-order valence-electron chi connectivity index (χ2n) is 3.80. The summed E-state index contributed by atoms with van der Waals surface area (Å²) in [5.41, 5.74) is 1.44. The van der Waals surface area contributed by atoms with Gasteiger partial charge in [-0.25, -0.2) is 4.98 Å². The van der Waals surface area contributed by atoms with Crippen LogP contribution in [0.5, 0.6) is 5.75 Å². The fourth-order valence-electron chi connectivity index (χ4n) is 1.58. The molecular formula is C12H12N2O3S. The van der Waals surface area contributed by atoms with Crippen molar-refractivity contribution in [1.29, 1.82) is 0 Å². The van der Waals surface area contributed by atoms with Crippen molar-refractivity contribution in [1.82, 2.24) is 4.98 Å². The van der Waals surface area contributed by atoms with Crippen LogP contribution in [-0.4, -0.2) is 9.91 Å². The summed E-state index contributed by atoms with van der Waals surface area (Å²) in [6.45, 7) is 3.93. The first-order chi connectivity index (χ1) is 8.58. The van der Waals surface area contributed by atoms with Crippen LogP contribution in [0.3, 0.4) is 0 Å². The maximum Gasteiger partial charge on any atom is 0.276 e. The first-order valence-electron chi connectivity index (χ1n) is 5.35. The van der Waals surface area contributed by atoms with Crippen LogP contribution >= 0.6 is 11.3 Å². The third-order valence-electron chi connectivity index (χ3n) is 2.49. The van der Waals surface area contributed by atoms with E-state index in [-0.39, 0.29) is 5.69 Å². The molecule has 1 heterocycles. The van der Waals surface area contributed by atoms with Gasteiger partial charge in [0.2, 0.25) is 0 Å². The van der Waals surface area contributed by atoms with Gasteiger partial charge in [0, 0.05) is 11.4 Å². The Hall–Kier alpha value is -1.95. The van der Waals surface area contributed by atoms with E-state index in [2.05, 4.69) is 4.98 Å². The van der Waals surface area contributed by atoms with Crippen molar-refractivity contribution in [2.75, 3.05) is 0 Å². The van der Waals surface area contributed by atoms with Gasteiger partial charge in [-0.05, 0) is 19.9 Å². The van der Waals surface area contributed by atoms with Crippen LogP contribution in [-0.2, 0) is 6.61 Å². The Morgan fingerprint density at radius 1 is 1.44 bits per heavy atom. The minimum Gasteiger partial charge on any atom is -0.487 e. The Kier molecular flexibility index (Phi) is 3.57. The first kappa shape index (κ1) is 12.5. The highest BCUT2D eigenvalue weighted by Crippen LogP contribution is 2.27. The molecule has 0 atom stereocenters. The molecule has 18 heavy (non-hydrogen) atoms. The Labute approximate surface area is 108 Å². The lowest BCUT2D eigenvalue weighted by Crippen LogP contribution is -1.99. The minimum absolute atomic E-state index is 0.0713. The lowest BCUT2D eigenvalue weighted by Gasteiger charge is -2.07. The molecule has 1 aromatic carbocycles. The van der Waals surface area contributed by atoms with Crippen LogP contribution < -0.4 is 4.74 Å². The molecule has 0 aliphatic rings. The molecule has 0 saturated heterocycles. The summed E-state index contributed by atoms with van der Waals surface area (Å²) in [4.78, 5) is 14.7.